The first-order chi connectivity index (χ1) is 15.0. The van der Waals surface area contributed by atoms with E-state index in [4.69, 9.17) is 4.52 Å². The minimum absolute atomic E-state index is 0.0450. The van der Waals surface area contributed by atoms with Crippen molar-refractivity contribution in [2.45, 2.75) is 33.2 Å². The zero-order valence-electron chi connectivity index (χ0n) is 17.2. The van der Waals surface area contributed by atoms with Crippen LogP contribution in [0.5, 0.6) is 0 Å². The number of rotatable bonds is 6. The first-order valence-corrected chi connectivity index (χ1v) is 9.96. The molecule has 0 fully saturated rings. The summed E-state index contributed by atoms with van der Waals surface area (Å²) in [4.78, 5) is 29.4. The monoisotopic (exact) mass is 420 g/mol. The van der Waals surface area contributed by atoms with Crippen molar-refractivity contribution in [1.29, 1.82) is 0 Å². The van der Waals surface area contributed by atoms with Crippen LogP contribution in [0.25, 0.3) is 22.4 Å². The van der Waals surface area contributed by atoms with E-state index in [0.717, 1.165) is 12.0 Å². The summed E-state index contributed by atoms with van der Waals surface area (Å²) in [6.45, 7) is 3.90. The third-order valence-corrected chi connectivity index (χ3v) is 5.13. The van der Waals surface area contributed by atoms with Crippen LogP contribution in [0.2, 0.25) is 0 Å². The quantitative estimate of drug-likeness (QED) is 0.507. The molecule has 0 unspecified atom stereocenters. The van der Waals surface area contributed by atoms with Crippen molar-refractivity contribution in [2.24, 2.45) is 0 Å². The number of aromatic nitrogens is 3. The fraction of sp³-hybridized carbons (Fsp3) is 0.217. The first-order valence-electron chi connectivity index (χ1n) is 9.96. The van der Waals surface area contributed by atoms with Gasteiger partial charge >= 0.3 is 0 Å². The Morgan fingerprint density at radius 1 is 1.19 bits per heavy atom. The molecule has 4 rings (SSSR count). The molecule has 31 heavy (non-hydrogen) atoms. The molecule has 2 aromatic carbocycles. The molecule has 0 aliphatic heterocycles. The standard InChI is InChI=1S/C23H21FN4O3/c1-3-15-4-6-16(7-5-15)20-21-22(31-27-20)23(30)28(13-25-21)11-10-19(29)26-18-9-8-17(24)12-14(18)2/h4-9,12-13H,3,10-11H2,1-2H3,(H,26,29). The highest BCUT2D eigenvalue weighted by molar-refractivity contribution is 5.91. The van der Waals surface area contributed by atoms with E-state index in [-0.39, 0.29) is 30.3 Å². The van der Waals surface area contributed by atoms with Crippen LogP contribution in [0.4, 0.5) is 10.1 Å². The van der Waals surface area contributed by atoms with Crippen molar-refractivity contribution < 1.29 is 13.7 Å². The number of aryl methyl sites for hydroxylation is 3. The molecule has 1 amide bonds. The van der Waals surface area contributed by atoms with Crippen LogP contribution in [-0.2, 0) is 17.8 Å². The zero-order chi connectivity index (χ0) is 22.0. The van der Waals surface area contributed by atoms with Gasteiger partial charge in [-0.3, -0.25) is 14.2 Å². The number of anilines is 1. The molecular formula is C23H21FN4O3. The number of nitrogens with zero attached hydrogens (tertiary/aromatic N) is 3. The molecule has 158 valence electrons. The van der Waals surface area contributed by atoms with E-state index in [1.54, 1.807) is 6.92 Å². The van der Waals surface area contributed by atoms with Gasteiger partial charge < -0.3 is 9.84 Å². The topological polar surface area (TPSA) is 90.0 Å². The van der Waals surface area contributed by atoms with Crippen LogP contribution in [0.3, 0.4) is 0 Å². The Morgan fingerprint density at radius 2 is 1.97 bits per heavy atom. The van der Waals surface area contributed by atoms with E-state index in [0.29, 0.717) is 22.5 Å². The summed E-state index contributed by atoms with van der Waals surface area (Å²) in [5.41, 5.74) is 3.70. The van der Waals surface area contributed by atoms with Gasteiger partial charge in [-0.25, -0.2) is 9.37 Å². The summed E-state index contributed by atoms with van der Waals surface area (Å²) in [6.07, 6.45) is 2.36. The molecule has 4 aromatic rings. The van der Waals surface area contributed by atoms with E-state index in [9.17, 15) is 14.0 Å². The highest BCUT2D eigenvalue weighted by Crippen LogP contribution is 2.25. The van der Waals surface area contributed by atoms with Crippen molar-refractivity contribution in [3.05, 3.63) is 76.1 Å². The summed E-state index contributed by atoms with van der Waals surface area (Å²) in [5, 5.41) is 6.75. The number of hydrogen-bond donors (Lipinski definition) is 1. The smallest absolute Gasteiger partial charge is 0.299 e. The average molecular weight is 420 g/mol. The van der Waals surface area contributed by atoms with Crippen molar-refractivity contribution in [3.8, 4) is 11.3 Å². The summed E-state index contributed by atoms with van der Waals surface area (Å²) in [6, 6.07) is 12.0. The Morgan fingerprint density at radius 3 is 2.68 bits per heavy atom. The summed E-state index contributed by atoms with van der Waals surface area (Å²) in [5.74, 6) is -0.662. The van der Waals surface area contributed by atoms with E-state index in [1.165, 1.54) is 34.7 Å². The maximum atomic E-state index is 13.2. The molecular weight excluding hydrogens is 399 g/mol. The molecule has 2 aromatic heterocycles. The van der Waals surface area contributed by atoms with E-state index < -0.39 is 5.56 Å². The van der Waals surface area contributed by atoms with Gasteiger partial charge in [0.1, 0.15) is 17.0 Å². The Balaban J connectivity index is 1.50. The van der Waals surface area contributed by atoms with Crippen LogP contribution in [-0.4, -0.2) is 20.6 Å². The van der Waals surface area contributed by atoms with Gasteiger partial charge in [0.2, 0.25) is 5.91 Å². The van der Waals surface area contributed by atoms with E-state index in [1.807, 2.05) is 24.3 Å². The number of carbonyl (C=O) groups is 1. The summed E-state index contributed by atoms with van der Waals surface area (Å²) in [7, 11) is 0. The predicted octanol–water partition coefficient (Wildman–Crippen LogP) is 4.09. The number of benzene rings is 2. The second-order valence-corrected chi connectivity index (χ2v) is 7.26. The lowest BCUT2D eigenvalue weighted by Crippen LogP contribution is -2.23. The Bertz CT molecular complexity index is 1310. The van der Waals surface area contributed by atoms with Crippen LogP contribution < -0.4 is 10.9 Å². The molecule has 2 heterocycles. The van der Waals surface area contributed by atoms with Gasteiger partial charge in [0.05, 0.1) is 6.33 Å². The van der Waals surface area contributed by atoms with Gasteiger partial charge in [-0.15, -0.1) is 0 Å². The number of fused-ring (bicyclic) bond motifs is 1. The number of hydrogen-bond acceptors (Lipinski definition) is 5. The third kappa shape index (κ3) is 4.23. The normalized spacial score (nSPS) is 11.1. The molecule has 0 bridgehead atoms. The van der Waals surface area contributed by atoms with Crippen molar-refractivity contribution in [1.82, 2.24) is 14.7 Å². The highest BCUT2D eigenvalue weighted by atomic mass is 19.1. The summed E-state index contributed by atoms with van der Waals surface area (Å²) >= 11 is 0. The summed E-state index contributed by atoms with van der Waals surface area (Å²) < 4.78 is 19.8. The SMILES string of the molecule is CCc1ccc(-c2noc3c(=O)n(CCC(=O)Nc4ccc(F)cc4C)cnc23)cc1. The third-order valence-electron chi connectivity index (χ3n) is 5.13. The van der Waals surface area contributed by atoms with Crippen LogP contribution >= 0.6 is 0 Å². The van der Waals surface area contributed by atoms with Crippen LogP contribution in [0.1, 0.15) is 24.5 Å². The Labute approximate surface area is 177 Å². The molecule has 0 atom stereocenters. The number of nitrogens with one attached hydrogen (secondary N) is 1. The molecule has 7 nitrogen and oxygen atoms in total. The first kappa shape index (κ1) is 20.5. The molecule has 1 N–H and O–H groups in total. The molecule has 0 aliphatic carbocycles. The van der Waals surface area contributed by atoms with Gasteiger partial charge in [-0.2, -0.15) is 0 Å². The van der Waals surface area contributed by atoms with E-state index in [2.05, 4.69) is 22.4 Å². The predicted molar refractivity (Wildman–Crippen MR) is 115 cm³/mol. The molecule has 0 saturated heterocycles. The van der Waals surface area contributed by atoms with Crippen molar-refractivity contribution in [3.63, 3.8) is 0 Å². The lowest BCUT2D eigenvalue weighted by molar-refractivity contribution is -0.116. The van der Waals surface area contributed by atoms with Gasteiger partial charge in [0.15, 0.2) is 0 Å². The molecule has 0 radical (unpaired) electrons. The van der Waals surface area contributed by atoms with Gasteiger partial charge in [0, 0.05) is 24.2 Å². The Hall–Kier alpha value is -3.81. The number of carbonyl (C=O) groups excluding carboxylic acids is 1. The fourth-order valence-electron chi connectivity index (χ4n) is 3.30. The van der Waals surface area contributed by atoms with Crippen LogP contribution in [0.15, 0.2) is 58.1 Å². The Kier molecular flexibility index (Phi) is 5.62. The molecule has 0 spiro atoms. The van der Waals surface area contributed by atoms with Gasteiger partial charge in [0.25, 0.3) is 11.1 Å². The number of halogens is 1. The maximum absolute atomic E-state index is 13.2. The van der Waals surface area contributed by atoms with Gasteiger partial charge in [-0.1, -0.05) is 36.3 Å². The van der Waals surface area contributed by atoms with Crippen molar-refractivity contribution >= 4 is 22.7 Å². The van der Waals surface area contributed by atoms with Gasteiger partial charge in [-0.05, 0) is 42.7 Å². The molecule has 0 saturated carbocycles. The zero-order valence-corrected chi connectivity index (χ0v) is 17.2. The molecule has 8 heteroatoms. The highest BCUT2D eigenvalue weighted by Gasteiger charge is 2.17. The number of amides is 1. The maximum Gasteiger partial charge on any atom is 0.299 e. The van der Waals surface area contributed by atoms with Crippen molar-refractivity contribution in [2.75, 3.05) is 5.32 Å². The average Bonchev–Trinajstić information content (AvgIpc) is 3.20. The van der Waals surface area contributed by atoms with E-state index >= 15 is 0 Å². The molecule has 0 aliphatic rings. The minimum atomic E-state index is -0.403. The second-order valence-electron chi connectivity index (χ2n) is 7.26. The second kappa shape index (κ2) is 8.51. The largest absolute Gasteiger partial charge is 0.348 e. The van der Waals surface area contributed by atoms with Crippen LogP contribution in [0, 0.1) is 12.7 Å². The lowest BCUT2D eigenvalue weighted by Gasteiger charge is -2.09. The minimum Gasteiger partial charge on any atom is -0.348 e. The fourth-order valence-corrected chi connectivity index (χ4v) is 3.30. The lowest BCUT2D eigenvalue weighted by atomic mass is 10.1.